The number of hydrogen-bond acceptors (Lipinski definition) is 9. The summed E-state index contributed by atoms with van der Waals surface area (Å²) in [6.07, 6.45) is 4.61. The highest BCUT2D eigenvalue weighted by Crippen LogP contribution is 2.37. The lowest BCUT2D eigenvalue weighted by atomic mass is 10.1. The number of nitrogen functional groups attached to an aromatic ring is 1. The van der Waals surface area contributed by atoms with Gasteiger partial charge in [-0.3, -0.25) is 5.10 Å². The molecular formula is C21H15N9O. The number of anilines is 3. The second kappa shape index (κ2) is 7.23. The molecule has 0 bridgehead atoms. The van der Waals surface area contributed by atoms with Gasteiger partial charge < -0.3 is 15.8 Å². The van der Waals surface area contributed by atoms with Crippen LogP contribution in [0, 0.1) is 18.3 Å². The summed E-state index contributed by atoms with van der Waals surface area (Å²) in [5.74, 6) is 1.99. The predicted octanol–water partition coefficient (Wildman–Crippen LogP) is 3.59. The van der Waals surface area contributed by atoms with Crippen LogP contribution in [0.5, 0.6) is 11.6 Å². The normalized spacial score (nSPS) is 10.8. The number of aromatic nitrogens is 6. The number of nitriles is 1. The van der Waals surface area contributed by atoms with E-state index in [1.807, 2.05) is 19.1 Å². The lowest BCUT2D eigenvalue weighted by Gasteiger charge is -2.14. The van der Waals surface area contributed by atoms with E-state index >= 15 is 0 Å². The van der Waals surface area contributed by atoms with E-state index in [4.69, 9.17) is 15.7 Å². The summed E-state index contributed by atoms with van der Waals surface area (Å²) in [7, 11) is 0. The van der Waals surface area contributed by atoms with E-state index < -0.39 is 0 Å². The van der Waals surface area contributed by atoms with Gasteiger partial charge in [-0.05, 0) is 30.7 Å². The van der Waals surface area contributed by atoms with Crippen LogP contribution in [0.3, 0.4) is 0 Å². The van der Waals surface area contributed by atoms with Gasteiger partial charge in [-0.1, -0.05) is 6.07 Å². The number of nitrogens with one attached hydrogen (secondary N) is 2. The molecule has 31 heavy (non-hydrogen) atoms. The smallest absolute Gasteiger partial charge is 0.234 e. The molecule has 10 nitrogen and oxygen atoms in total. The van der Waals surface area contributed by atoms with Crippen molar-refractivity contribution in [3.05, 3.63) is 60.2 Å². The van der Waals surface area contributed by atoms with Gasteiger partial charge in [0.15, 0.2) is 0 Å². The largest absolute Gasteiger partial charge is 0.437 e. The number of aromatic amines is 1. The predicted molar refractivity (Wildman–Crippen MR) is 115 cm³/mol. The number of rotatable bonds is 4. The van der Waals surface area contributed by atoms with Crippen molar-refractivity contribution in [2.45, 2.75) is 6.92 Å². The average Bonchev–Trinajstić information content (AvgIpc) is 3.25. The third kappa shape index (κ3) is 3.30. The van der Waals surface area contributed by atoms with Crippen LogP contribution in [-0.2, 0) is 0 Å². The number of nitrogens with two attached hydrogens (primary N) is 1. The van der Waals surface area contributed by atoms with Crippen molar-refractivity contribution in [2.24, 2.45) is 0 Å². The maximum Gasteiger partial charge on any atom is 0.234 e. The zero-order valence-electron chi connectivity index (χ0n) is 16.3. The molecule has 4 N–H and O–H groups in total. The van der Waals surface area contributed by atoms with E-state index in [0.29, 0.717) is 33.9 Å². The Bertz CT molecular complexity index is 1490. The summed E-state index contributed by atoms with van der Waals surface area (Å²) in [5.41, 5.74) is 8.89. The van der Waals surface area contributed by atoms with Gasteiger partial charge in [-0.2, -0.15) is 15.3 Å². The molecule has 0 aliphatic rings. The number of ether oxygens (including phenoxy) is 1. The lowest BCUT2D eigenvalue weighted by Crippen LogP contribution is -2.02. The number of H-pyrrole nitrogens is 1. The zero-order chi connectivity index (χ0) is 21.4. The third-order valence-electron chi connectivity index (χ3n) is 4.73. The average molecular weight is 409 g/mol. The molecular weight excluding hydrogens is 394 g/mol. The lowest BCUT2D eigenvalue weighted by molar-refractivity contribution is 0.472. The molecule has 0 aliphatic heterocycles. The first-order chi connectivity index (χ1) is 15.1. The SMILES string of the molecule is Cc1ccc2[nH]ncc2c1Oc1nc(Nc2cc(C#N)ccn2)cc2ncnc(N)c12. The Morgan fingerprint density at radius 1 is 1.13 bits per heavy atom. The van der Waals surface area contributed by atoms with E-state index in [1.165, 1.54) is 6.33 Å². The highest BCUT2D eigenvalue weighted by Gasteiger charge is 2.17. The fraction of sp³-hybridized carbons (Fsp3) is 0.0476. The first kappa shape index (κ1) is 18.3. The molecule has 0 aliphatic carbocycles. The molecule has 10 heteroatoms. The first-order valence-electron chi connectivity index (χ1n) is 9.27. The quantitative estimate of drug-likeness (QED) is 0.404. The van der Waals surface area contributed by atoms with Gasteiger partial charge in [0.2, 0.25) is 5.88 Å². The maximum atomic E-state index is 9.12. The van der Waals surface area contributed by atoms with Crippen molar-refractivity contribution in [2.75, 3.05) is 11.1 Å². The standard InChI is InChI=1S/C21H15N9O/c1-11-2-3-14-13(9-27-30-14)19(11)31-21-18-15(25-10-26-20(18)23)7-17(29-21)28-16-6-12(8-22)4-5-24-16/h2-7,9-10H,1H3,(H,27,30)(H2,23,25,26)(H,24,28,29). The van der Waals surface area contributed by atoms with E-state index in [2.05, 4.69) is 41.5 Å². The second-order valence-electron chi connectivity index (χ2n) is 6.78. The van der Waals surface area contributed by atoms with Gasteiger partial charge in [-0.15, -0.1) is 0 Å². The minimum atomic E-state index is 0.242. The Morgan fingerprint density at radius 2 is 2.03 bits per heavy atom. The molecule has 0 saturated carbocycles. The number of nitrogens with zero attached hydrogens (tertiary/aromatic N) is 6. The molecule has 0 spiro atoms. The molecule has 0 atom stereocenters. The van der Waals surface area contributed by atoms with Gasteiger partial charge in [-0.25, -0.2) is 15.0 Å². The number of pyridine rings is 2. The van der Waals surface area contributed by atoms with Crippen LogP contribution in [0.2, 0.25) is 0 Å². The summed E-state index contributed by atoms with van der Waals surface area (Å²) in [4.78, 5) is 17.2. The van der Waals surface area contributed by atoms with Crippen molar-refractivity contribution >= 4 is 39.3 Å². The first-order valence-corrected chi connectivity index (χ1v) is 9.27. The molecule has 4 heterocycles. The number of hydrogen-bond donors (Lipinski definition) is 3. The highest BCUT2D eigenvalue weighted by molar-refractivity contribution is 5.95. The fourth-order valence-electron chi connectivity index (χ4n) is 3.24. The molecule has 5 rings (SSSR count). The number of benzene rings is 1. The van der Waals surface area contributed by atoms with Crippen LogP contribution in [0.1, 0.15) is 11.1 Å². The van der Waals surface area contributed by atoms with Crippen molar-refractivity contribution in [1.82, 2.24) is 30.1 Å². The van der Waals surface area contributed by atoms with E-state index in [9.17, 15) is 0 Å². The molecule has 0 radical (unpaired) electrons. The summed E-state index contributed by atoms with van der Waals surface area (Å²) in [6.45, 7) is 1.93. The Hall–Kier alpha value is -4.78. The van der Waals surface area contributed by atoms with Crippen molar-refractivity contribution in [3.8, 4) is 17.7 Å². The van der Waals surface area contributed by atoms with Gasteiger partial charge in [0.1, 0.15) is 34.9 Å². The van der Waals surface area contributed by atoms with E-state index in [0.717, 1.165) is 16.5 Å². The monoisotopic (exact) mass is 409 g/mol. The van der Waals surface area contributed by atoms with Crippen LogP contribution >= 0.6 is 0 Å². The molecule has 4 aromatic heterocycles. The molecule has 150 valence electrons. The topological polar surface area (TPSA) is 151 Å². The molecule has 5 aromatic rings. The van der Waals surface area contributed by atoms with Gasteiger partial charge >= 0.3 is 0 Å². The van der Waals surface area contributed by atoms with Crippen LogP contribution in [0.25, 0.3) is 21.8 Å². The zero-order valence-corrected chi connectivity index (χ0v) is 16.3. The van der Waals surface area contributed by atoms with E-state index in [1.54, 1.807) is 30.6 Å². The van der Waals surface area contributed by atoms with E-state index in [-0.39, 0.29) is 11.7 Å². The Labute approximate surface area is 175 Å². The number of aryl methyl sites for hydroxylation is 1. The second-order valence-corrected chi connectivity index (χ2v) is 6.78. The van der Waals surface area contributed by atoms with Crippen LogP contribution < -0.4 is 15.8 Å². The number of fused-ring (bicyclic) bond motifs is 2. The minimum absolute atomic E-state index is 0.242. The van der Waals surface area contributed by atoms with Crippen molar-refractivity contribution in [1.29, 1.82) is 5.26 Å². The third-order valence-corrected chi connectivity index (χ3v) is 4.73. The maximum absolute atomic E-state index is 9.12. The van der Waals surface area contributed by atoms with Crippen LogP contribution in [-0.4, -0.2) is 30.1 Å². The Morgan fingerprint density at radius 3 is 2.90 bits per heavy atom. The van der Waals surface area contributed by atoms with Gasteiger partial charge in [0, 0.05) is 12.3 Å². The fourth-order valence-corrected chi connectivity index (χ4v) is 3.24. The summed E-state index contributed by atoms with van der Waals surface area (Å²) in [5, 5.41) is 20.5. The van der Waals surface area contributed by atoms with Crippen molar-refractivity contribution < 1.29 is 4.74 Å². The van der Waals surface area contributed by atoms with Gasteiger partial charge in [0.05, 0.1) is 34.2 Å². The van der Waals surface area contributed by atoms with Gasteiger partial charge in [0.25, 0.3) is 0 Å². The summed E-state index contributed by atoms with van der Waals surface area (Å²) < 4.78 is 6.25. The molecule has 1 aromatic carbocycles. The summed E-state index contributed by atoms with van der Waals surface area (Å²) in [6, 6.07) is 10.9. The molecule has 0 fully saturated rings. The van der Waals surface area contributed by atoms with Crippen molar-refractivity contribution in [3.63, 3.8) is 0 Å². The Balaban J connectivity index is 1.65. The Kier molecular flexibility index (Phi) is 4.26. The van der Waals surface area contributed by atoms with Crippen LogP contribution in [0.4, 0.5) is 17.5 Å². The molecule has 0 unspecified atom stereocenters. The highest BCUT2D eigenvalue weighted by atomic mass is 16.5. The summed E-state index contributed by atoms with van der Waals surface area (Å²) >= 11 is 0. The molecule has 0 amide bonds. The molecule has 0 saturated heterocycles. The minimum Gasteiger partial charge on any atom is -0.437 e. The van der Waals surface area contributed by atoms with Crippen LogP contribution in [0.15, 0.2) is 49.1 Å².